The molecule has 0 spiro atoms. The summed E-state index contributed by atoms with van der Waals surface area (Å²) in [4.78, 5) is 40.4. The number of fused-ring (bicyclic) bond motifs is 1. The van der Waals surface area contributed by atoms with E-state index in [1.165, 1.54) is 34.6 Å². The van der Waals surface area contributed by atoms with E-state index in [1.807, 2.05) is 0 Å². The average Bonchev–Trinajstić information content (AvgIpc) is 3.60. The number of carbonyl (C=O) groups is 2. The predicted molar refractivity (Wildman–Crippen MR) is 142 cm³/mol. The second-order valence-electron chi connectivity index (χ2n) is 8.72. The summed E-state index contributed by atoms with van der Waals surface area (Å²) in [6.07, 6.45) is -1.37. The summed E-state index contributed by atoms with van der Waals surface area (Å²) in [7, 11) is 0. The molecule has 0 aliphatic rings. The Morgan fingerprint density at radius 1 is 1.18 bits per heavy atom. The highest BCUT2D eigenvalue weighted by Crippen LogP contribution is 2.42. The fourth-order valence-corrected chi connectivity index (χ4v) is 5.35. The monoisotopic (exact) mass is 566 g/mol. The van der Waals surface area contributed by atoms with Crippen molar-refractivity contribution in [2.45, 2.75) is 26.9 Å². The highest BCUT2D eigenvalue weighted by Gasteiger charge is 2.26. The minimum Gasteiger partial charge on any atom is -0.365 e. The van der Waals surface area contributed by atoms with E-state index < -0.39 is 28.9 Å². The second kappa shape index (κ2) is 10.3. The number of aromatic nitrogens is 5. The minimum absolute atomic E-state index is 0.000190. The smallest absolute Gasteiger partial charge is 0.312 e. The highest BCUT2D eigenvalue weighted by molar-refractivity contribution is 7.21. The lowest BCUT2D eigenvalue weighted by Gasteiger charge is -2.10. The minimum atomic E-state index is -2.86. The van der Waals surface area contributed by atoms with Gasteiger partial charge in [-0.1, -0.05) is 30.3 Å². The molecule has 0 fully saturated rings. The van der Waals surface area contributed by atoms with Crippen LogP contribution >= 0.6 is 11.3 Å². The van der Waals surface area contributed by atoms with Crippen molar-refractivity contribution in [2.75, 3.05) is 5.32 Å². The van der Waals surface area contributed by atoms with E-state index in [9.17, 15) is 28.5 Å². The van der Waals surface area contributed by atoms with E-state index in [0.717, 1.165) is 11.3 Å². The van der Waals surface area contributed by atoms with Gasteiger partial charge in [0.25, 0.3) is 18.2 Å². The van der Waals surface area contributed by atoms with E-state index in [4.69, 9.17) is 5.73 Å². The Morgan fingerprint density at radius 3 is 2.52 bits per heavy atom. The maximum absolute atomic E-state index is 13.7. The summed E-state index contributed by atoms with van der Waals surface area (Å²) in [5.74, 6) is -1.56. The van der Waals surface area contributed by atoms with Crippen molar-refractivity contribution < 1.29 is 23.3 Å². The van der Waals surface area contributed by atoms with Crippen molar-refractivity contribution in [3.05, 3.63) is 86.4 Å². The standard InChI is InChI=1S/C25H20F2N8O4S/c1-12-20(35(38)39)13(2)34(31-12)11-33-9-8-16(32-33)24(37)30-19-18-15(14-6-4-3-5-7-14)10-17(22(26)27)29-25(18)40-21(19)23(28)36/h3-10,22H,11H2,1-2H3,(H2,28,36)(H,30,37). The van der Waals surface area contributed by atoms with E-state index in [0.29, 0.717) is 16.8 Å². The van der Waals surface area contributed by atoms with Gasteiger partial charge in [-0.3, -0.25) is 24.4 Å². The van der Waals surface area contributed by atoms with Crippen LogP contribution in [0.5, 0.6) is 0 Å². The van der Waals surface area contributed by atoms with Crippen LogP contribution in [0.3, 0.4) is 0 Å². The summed E-state index contributed by atoms with van der Waals surface area (Å²) in [5, 5.41) is 22.6. The molecule has 0 radical (unpaired) electrons. The quantitative estimate of drug-likeness (QED) is 0.203. The molecule has 204 valence electrons. The van der Waals surface area contributed by atoms with Gasteiger partial charge in [0.2, 0.25) is 0 Å². The number of anilines is 1. The number of thiophene rings is 1. The predicted octanol–water partition coefficient (Wildman–Crippen LogP) is 4.68. The number of rotatable bonds is 8. The Hall–Kier alpha value is -5.05. The highest BCUT2D eigenvalue weighted by atomic mass is 32.1. The SMILES string of the molecule is Cc1nn(Cn2ccc(C(=O)Nc3c(C(N)=O)sc4nc(C(F)F)cc(-c5ccccc5)c34)n2)c(C)c1[N+](=O)[O-]. The molecule has 0 saturated carbocycles. The largest absolute Gasteiger partial charge is 0.365 e. The number of nitrogens with two attached hydrogens (primary N) is 1. The number of nitrogens with zero attached hydrogens (tertiary/aromatic N) is 6. The molecule has 5 aromatic rings. The molecule has 3 N–H and O–H groups in total. The number of pyridine rings is 1. The Kier molecular flexibility index (Phi) is 6.81. The number of aryl methyl sites for hydroxylation is 1. The molecular weight excluding hydrogens is 546 g/mol. The van der Waals surface area contributed by atoms with Gasteiger partial charge in [0.15, 0.2) is 5.69 Å². The number of carbonyl (C=O) groups excluding carboxylic acids is 2. The molecule has 0 aliphatic heterocycles. The molecule has 0 unspecified atom stereocenters. The van der Waals surface area contributed by atoms with Gasteiger partial charge in [-0.15, -0.1) is 11.3 Å². The fraction of sp³-hybridized carbons (Fsp3) is 0.160. The molecule has 40 heavy (non-hydrogen) atoms. The normalized spacial score (nSPS) is 11.3. The number of halogens is 2. The van der Waals surface area contributed by atoms with E-state index in [1.54, 1.807) is 37.3 Å². The molecule has 2 amide bonds. The van der Waals surface area contributed by atoms with Gasteiger partial charge in [0.1, 0.15) is 33.5 Å². The van der Waals surface area contributed by atoms with Crippen LogP contribution in [0.15, 0.2) is 48.7 Å². The Morgan fingerprint density at radius 2 is 1.90 bits per heavy atom. The van der Waals surface area contributed by atoms with Crippen LogP contribution in [-0.2, 0) is 6.67 Å². The Bertz CT molecular complexity index is 1800. The van der Waals surface area contributed by atoms with Crippen LogP contribution < -0.4 is 11.1 Å². The van der Waals surface area contributed by atoms with Crippen LogP contribution in [0.25, 0.3) is 21.3 Å². The van der Waals surface area contributed by atoms with Crippen molar-refractivity contribution in [1.82, 2.24) is 24.5 Å². The zero-order chi connectivity index (χ0) is 28.7. The molecule has 12 nitrogen and oxygen atoms in total. The first kappa shape index (κ1) is 26.6. The maximum Gasteiger partial charge on any atom is 0.312 e. The lowest BCUT2D eigenvalue weighted by atomic mass is 10.0. The topological polar surface area (TPSA) is 164 Å². The third-order valence-electron chi connectivity index (χ3n) is 6.13. The first-order chi connectivity index (χ1) is 19.0. The molecule has 5 rings (SSSR count). The summed E-state index contributed by atoms with van der Waals surface area (Å²) in [5.41, 5.74) is 6.48. The van der Waals surface area contributed by atoms with Crippen LogP contribution in [-0.4, -0.2) is 41.3 Å². The molecule has 4 heterocycles. The number of nitrogens with one attached hydrogen (secondary N) is 1. The number of hydrogen-bond acceptors (Lipinski definition) is 8. The summed E-state index contributed by atoms with van der Waals surface area (Å²) < 4.78 is 30.1. The number of benzene rings is 1. The van der Waals surface area contributed by atoms with Crippen LogP contribution in [0.2, 0.25) is 0 Å². The molecule has 1 aromatic carbocycles. The summed E-state index contributed by atoms with van der Waals surface area (Å²) in [6, 6.07) is 11.3. The Labute approximate surface area is 228 Å². The molecule has 4 aromatic heterocycles. The van der Waals surface area contributed by atoms with Crippen molar-refractivity contribution in [3.8, 4) is 11.1 Å². The average molecular weight is 567 g/mol. The number of amides is 2. The summed E-state index contributed by atoms with van der Waals surface area (Å²) in [6.45, 7) is 3.08. The van der Waals surface area contributed by atoms with E-state index in [2.05, 4.69) is 20.5 Å². The number of hydrogen-bond donors (Lipinski definition) is 2. The van der Waals surface area contributed by atoms with E-state index >= 15 is 0 Å². The number of primary amides is 1. The Balaban J connectivity index is 1.53. The number of alkyl halides is 2. The van der Waals surface area contributed by atoms with Gasteiger partial charge in [0.05, 0.1) is 10.6 Å². The lowest BCUT2D eigenvalue weighted by Crippen LogP contribution is -2.18. The van der Waals surface area contributed by atoms with Crippen molar-refractivity contribution in [1.29, 1.82) is 0 Å². The van der Waals surface area contributed by atoms with Gasteiger partial charge in [-0.05, 0) is 37.1 Å². The van der Waals surface area contributed by atoms with Gasteiger partial charge >= 0.3 is 5.69 Å². The summed E-state index contributed by atoms with van der Waals surface area (Å²) >= 11 is 0.798. The van der Waals surface area contributed by atoms with Gasteiger partial charge < -0.3 is 11.1 Å². The van der Waals surface area contributed by atoms with Crippen molar-refractivity contribution in [2.24, 2.45) is 5.73 Å². The first-order valence-electron chi connectivity index (χ1n) is 11.7. The van der Waals surface area contributed by atoms with Crippen LogP contribution in [0, 0.1) is 24.0 Å². The van der Waals surface area contributed by atoms with Gasteiger partial charge in [-0.2, -0.15) is 10.2 Å². The maximum atomic E-state index is 13.7. The van der Waals surface area contributed by atoms with Crippen LogP contribution in [0.4, 0.5) is 20.2 Å². The van der Waals surface area contributed by atoms with E-state index in [-0.39, 0.29) is 44.5 Å². The third kappa shape index (κ3) is 4.77. The third-order valence-corrected chi connectivity index (χ3v) is 7.23. The first-order valence-corrected chi connectivity index (χ1v) is 12.5. The van der Waals surface area contributed by atoms with Gasteiger partial charge in [0, 0.05) is 11.6 Å². The second-order valence-corrected chi connectivity index (χ2v) is 9.72. The molecule has 0 bridgehead atoms. The number of nitro groups is 1. The van der Waals surface area contributed by atoms with Crippen molar-refractivity contribution in [3.63, 3.8) is 0 Å². The fourth-order valence-electron chi connectivity index (χ4n) is 4.33. The molecular formula is C25H20F2N8O4S. The molecule has 0 atom stereocenters. The zero-order valence-electron chi connectivity index (χ0n) is 21.0. The molecule has 15 heteroatoms. The molecule has 0 saturated heterocycles. The van der Waals surface area contributed by atoms with Crippen molar-refractivity contribution >= 4 is 44.7 Å². The lowest BCUT2D eigenvalue weighted by molar-refractivity contribution is -0.386. The van der Waals surface area contributed by atoms with Crippen LogP contribution in [0.1, 0.15) is 43.7 Å². The van der Waals surface area contributed by atoms with Gasteiger partial charge in [-0.25, -0.2) is 18.4 Å². The zero-order valence-corrected chi connectivity index (χ0v) is 21.8. The molecule has 0 aliphatic carbocycles.